The standard InChI is InChI=1S/C12H17N3O3S.ClH/c1-13-7-2-8-14-12(16)9-19-11-5-3-10(4-6-11)15(17)18;/h3-6,13H,2,7-9H2,1H3,(H,14,16);1H. The summed E-state index contributed by atoms with van der Waals surface area (Å²) < 4.78 is 0. The minimum Gasteiger partial charge on any atom is -0.355 e. The molecule has 0 bridgehead atoms. The molecular weight excluding hydrogens is 302 g/mol. The van der Waals surface area contributed by atoms with E-state index in [0.29, 0.717) is 12.3 Å². The smallest absolute Gasteiger partial charge is 0.269 e. The van der Waals surface area contributed by atoms with Gasteiger partial charge in [-0.15, -0.1) is 24.2 Å². The van der Waals surface area contributed by atoms with Crippen molar-refractivity contribution in [1.82, 2.24) is 10.6 Å². The molecule has 0 heterocycles. The number of nitrogens with zero attached hydrogens (tertiary/aromatic N) is 1. The van der Waals surface area contributed by atoms with Crippen LogP contribution in [0.5, 0.6) is 0 Å². The molecule has 0 fully saturated rings. The summed E-state index contributed by atoms with van der Waals surface area (Å²) in [4.78, 5) is 22.4. The summed E-state index contributed by atoms with van der Waals surface area (Å²) in [6.45, 7) is 1.52. The van der Waals surface area contributed by atoms with Crippen LogP contribution in [0.1, 0.15) is 6.42 Å². The molecule has 0 unspecified atom stereocenters. The number of non-ortho nitro benzene ring substituents is 1. The predicted octanol–water partition coefficient (Wildman–Crippen LogP) is 1.83. The third-order valence-corrected chi connectivity index (χ3v) is 3.36. The SMILES string of the molecule is CNCCCNC(=O)CSc1ccc([N+](=O)[O-])cc1.Cl. The fraction of sp³-hybridized carbons (Fsp3) is 0.417. The molecule has 0 atom stereocenters. The minimum absolute atomic E-state index is 0. The van der Waals surface area contributed by atoms with Gasteiger partial charge in [0.05, 0.1) is 10.7 Å². The van der Waals surface area contributed by atoms with E-state index < -0.39 is 4.92 Å². The van der Waals surface area contributed by atoms with Crippen LogP contribution in [0.4, 0.5) is 5.69 Å². The van der Waals surface area contributed by atoms with Crippen molar-refractivity contribution in [1.29, 1.82) is 0 Å². The first-order valence-corrected chi connectivity index (χ1v) is 6.90. The molecule has 2 N–H and O–H groups in total. The highest BCUT2D eigenvalue weighted by molar-refractivity contribution is 8.00. The summed E-state index contributed by atoms with van der Waals surface area (Å²) in [5, 5.41) is 16.3. The van der Waals surface area contributed by atoms with Crippen molar-refractivity contribution >= 4 is 35.8 Å². The lowest BCUT2D eigenvalue weighted by Crippen LogP contribution is -2.27. The van der Waals surface area contributed by atoms with Crippen LogP contribution < -0.4 is 10.6 Å². The van der Waals surface area contributed by atoms with Crippen molar-refractivity contribution in [3.63, 3.8) is 0 Å². The van der Waals surface area contributed by atoms with Crippen molar-refractivity contribution in [2.75, 3.05) is 25.9 Å². The van der Waals surface area contributed by atoms with Gasteiger partial charge in [-0.1, -0.05) is 0 Å². The second-order valence-corrected chi connectivity index (χ2v) is 4.90. The van der Waals surface area contributed by atoms with Crippen molar-refractivity contribution in [2.45, 2.75) is 11.3 Å². The first-order valence-electron chi connectivity index (χ1n) is 5.92. The first-order chi connectivity index (χ1) is 9.13. The van der Waals surface area contributed by atoms with E-state index in [0.717, 1.165) is 17.9 Å². The Morgan fingerprint density at radius 3 is 2.50 bits per heavy atom. The average molecular weight is 320 g/mol. The molecule has 112 valence electrons. The number of rotatable bonds is 8. The molecule has 0 aliphatic rings. The Morgan fingerprint density at radius 2 is 1.95 bits per heavy atom. The molecule has 0 aliphatic heterocycles. The second kappa shape index (κ2) is 10.5. The van der Waals surface area contributed by atoms with E-state index in [1.165, 1.54) is 23.9 Å². The highest BCUT2D eigenvalue weighted by atomic mass is 35.5. The molecule has 0 saturated carbocycles. The number of halogens is 1. The molecule has 0 radical (unpaired) electrons. The predicted molar refractivity (Wildman–Crippen MR) is 82.6 cm³/mol. The zero-order valence-corrected chi connectivity index (χ0v) is 12.8. The number of hydrogen-bond acceptors (Lipinski definition) is 5. The molecule has 8 heteroatoms. The van der Waals surface area contributed by atoms with Gasteiger partial charge >= 0.3 is 0 Å². The quantitative estimate of drug-likeness (QED) is 0.330. The maximum atomic E-state index is 11.5. The summed E-state index contributed by atoms with van der Waals surface area (Å²) in [6.07, 6.45) is 0.893. The van der Waals surface area contributed by atoms with E-state index in [2.05, 4.69) is 10.6 Å². The van der Waals surface area contributed by atoms with Crippen LogP contribution in [0.3, 0.4) is 0 Å². The van der Waals surface area contributed by atoms with E-state index in [1.807, 2.05) is 7.05 Å². The molecular formula is C12H18ClN3O3S. The van der Waals surface area contributed by atoms with Gasteiger partial charge in [-0.05, 0) is 32.1 Å². The Hall–Kier alpha value is -1.31. The van der Waals surface area contributed by atoms with Crippen LogP contribution in [0.15, 0.2) is 29.2 Å². The number of benzene rings is 1. The number of carbonyl (C=O) groups excluding carboxylic acids is 1. The van der Waals surface area contributed by atoms with Gasteiger partial charge in [-0.3, -0.25) is 14.9 Å². The number of carbonyl (C=O) groups is 1. The lowest BCUT2D eigenvalue weighted by molar-refractivity contribution is -0.384. The number of hydrogen-bond donors (Lipinski definition) is 2. The zero-order valence-electron chi connectivity index (χ0n) is 11.1. The minimum atomic E-state index is -0.442. The third-order valence-electron chi connectivity index (χ3n) is 2.34. The number of nitro benzene ring substituents is 1. The Bertz CT molecular complexity index is 428. The summed E-state index contributed by atoms with van der Waals surface area (Å²) in [5.74, 6) is 0.289. The van der Waals surface area contributed by atoms with Gasteiger partial charge in [0.25, 0.3) is 5.69 Å². The summed E-state index contributed by atoms with van der Waals surface area (Å²) in [5.41, 5.74) is 0.0564. The van der Waals surface area contributed by atoms with Crippen molar-refractivity contribution in [3.05, 3.63) is 34.4 Å². The molecule has 0 aliphatic carbocycles. The van der Waals surface area contributed by atoms with Crippen molar-refractivity contribution < 1.29 is 9.72 Å². The van der Waals surface area contributed by atoms with Gasteiger partial charge in [0.15, 0.2) is 0 Å². The molecule has 0 aromatic heterocycles. The summed E-state index contributed by atoms with van der Waals surface area (Å²) in [6, 6.07) is 6.18. The molecule has 6 nitrogen and oxygen atoms in total. The van der Waals surface area contributed by atoms with Gasteiger partial charge < -0.3 is 10.6 Å². The fourth-order valence-electron chi connectivity index (χ4n) is 1.36. The Labute approximate surface area is 128 Å². The molecule has 1 amide bonds. The van der Waals surface area contributed by atoms with Gasteiger partial charge in [0, 0.05) is 23.6 Å². The third kappa shape index (κ3) is 7.32. The van der Waals surface area contributed by atoms with Crippen molar-refractivity contribution in [2.24, 2.45) is 0 Å². The highest BCUT2D eigenvalue weighted by Gasteiger charge is 2.06. The van der Waals surface area contributed by atoms with Gasteiger partial charge in [0.2, 0.25) is 5.91 Å². The topological polar surface area (TPSA) is 84.3 Å². The summed E-state index contributed by atoms with van der Waals surface area (Å²) in [7, 11) is 1.87. The number of thioether (sulfide) groups is 1. The zero-order chi connectivity index (χ0) is 14.1. The number of nitrogens with one attached hydrogen (secondary N) is 2. The molecule has 20 heavy (non-hydrogen) atoms. The van der Waals surface area contributed by atoms with Gasteiger partial charge in [-0.2, -0.15) is 0 Å². The van der Waals surface area contributed by atoms with Gasteiger partial charge in [-0.25, -0.2) is 0 Å². The van der Waals surface area contributed by atoms with Crippen molar-refractivity contribution in [3.8, 4) is 0 Å². The maximum Gasteiger partial charge on any atom is 0.269 e. The summed E-state index contributed by atoms with van der Waals surface area (Å²) >= 11 is 1.36. The van der Waals surface area contributed by atoms with E-state index in [1.54, 1.807) is 12.1 Å². The highest BCUT2D eigenvalue weighted by Crippen LogP contribution is 2.20. The Balaban J connectivity index is 0.00000361. The van der Waals surface area contributed by atoms with Crippen LogP contribution >= 0.6 is 24.2 Å². The number of amides is 1. The van der Waals surface area contributed by atoms with Crippen LogP contribution in [0.25, 0.3) is 0 Å². The van der Waals surface area contributed by atoms with Crippen LogP contribution in [0.2, 0.25) is 0 Å². The molecule has 1 aromatic rings. The average Bonchev–Trinajstić information content (AvgIpc) is 2.42. The molecule has 1 rings (SSSR count). The lowest BCUT2D eigenvalue weighted by Gasteiger charge is -2.04. The Morgan fingerprint density at radius 1 is 1.30 bits per heavy atom. The first kappa shape index (κ1) is 18.7. The van der Waals surface area contributed by atoms with Crippen LogP contribution in [-0.2, 0) is 4.79 Å². The largest absolute Gasteiger partial charge is 0.355 e. The van der Waals surface area contributed by atoms with Gasteiger partial charge in [0.1, 0.15) is 0 Å². The maximum absolute atomic E-state index is 11.5. The van der Waals surface area contributed by atoms with E-state index in [9.17, 15) is 14.9 Å². The monoisotopic (exact) mass is 319 g/mol. The lowest BCUT2D eigenvalue weighted by atomic mass is 10.3. The van der Waals surface area contributed by atoms with Crippen LogP contribution in [-0.4, -0.2) is 36.7 Å². The number of nitro groups is 1. The molecule has 1 aromatic carbocycles. The normalized spacial score (nSPS) is 9.65. The second-order valence-electron chi connectivity index (χ2n) is 3.85. The Kier molecular flexibility index (Phi) is 9.79. The molecule has 0 spiro atoms. The van der Waals surface area contributed by atoms with E-state index in [4.69, 9.17) is 0 Å². The van der Waals surface area contributed by atoms with Crippen LogP contribution in [0, 0.1) is 10.1 Å². The van der Waals surface area contributed by atoms with E-state index >= 15 is 0 Å². The molecule has 0 saturated heterocycles. The fourth-order valence-corrected chi connectivity index (χ4v) is 2.09. The van der Waals surface area contributed by atoms with E-state index in [-0.39, 0.29) is 24.0 Å².